The van der Waals surface area contributed by atoms with Gasteiger partial charge in [-0.15, -0.1) is 10.2 Å². The second-order valence-corrected chi connectivity index (χ2v) is 8.29. The van der Waals surface area contributed by atoms with Crippen molar-refractivity contribution in [1.29, 1.82) is 0 Å². The molecule has 4 aromatic rings. The molecule has 0 bridgehead atoms. The van der Waals surface area contributed by atoms with Crippen molar-refractivity contribution in [3.8, 4) is 0 Å². The molecule has 0 radical (unpaired) electrons. The first-order valence-electron chi connectivity index (χ1n) is 8.55. The minimum Gasteiger partial charge on any atom is -0.358 e. The predicted molar refractivity (Wildman–Crippen MR) is 112 cm³/mol. The molecule has 27 heavy (non-hydrogen) atoms. The normalized spacial score (nSPS) is 11.0. The van der Waals surface area contributed by atoms with Gasteiger partial charge in [-0.2, -0.15) is 0 Å². The molecule has 0 unspecified atom stereocenters. The quantitative estimate of drug-likeness (QED) is 0.344. The van der Waals surface area contributed by atoms with E-state index >= 15 is 0 Å². The molecule has 0 aliphatic rings. The molecule has 0 amide bonds. The van der Waals surface area contributed by atoms with E-state index in [1.807, 2.05) is 49.4 Å². The molecule has 2 aromatic heterocycles. The molecule has 0 aliphatic heterocycles. The maximum atomic E-state index is 12.7. The zero-order valence-corrected chi connectivity index (χ0v) is 16.4. The Morgan fingerprint density at radius 2 is 1.89 bits per heavy atom. The van der Waals surface area contributed by atoms with Crippen molar-refractivity contribution >= 4 is 44.9 Å². The molecule has 4 rings (SSSR count). The van der Waals surface area contributed by atoms with Crippen LogP contribution in [0.1, 0.15) is 21.6 Å². The summed E-state index contributed by atoms with van der Waals surface area (Å²) in [5, 5.41) is 13.3. The summed E-state index contributed by atoms with van der Waals surface area (Å²) in [4.78, 5) is 16.0. The van der Waals surface area contributed by atoms with E-state index in [9.17, 15) is 4.79 Å². The standard InChI is InChI=1S/C20H18N4OS2/c1-13-18(15-9-5-6-10-16(15)22-13)17(25)12-26-20-24-23-19(27-20)21-11-14-7-3-2-4-8-14/h2-10,22H,11-12H2,1H3,(H,21,23). The van der Waals surface area contributed by atoms with Crippen molar-refractivity contribution < 1.29 is 4.79 Å². The van der Waals surface area contributed by atoms with Crippen LogP contribution in [0.25, 0.3) is 10.9 Å². The summed E-state index contributed by atoms with van der Waals surface area (Å²) >= 11 is 2.90. The SMILES string of the molecule is Cc1[nH]c2ccccc2c1C(=O)CSc1nnc(NCc2ccccc2)s1. The van der Waals surface area contributed by atoms with Crippen LogP contribution in [0, 0.1) is 6.92 Å². The van der Waals surface area contributed by atoms with Gasteiger partial charge < -0.3 is 10.3 Å². The molecular weight excluding hydrogens is 376 g/mol. The summed E-state index contributed by atoms with van der Waals surface area (Å²) in [7, 11) is 0. The first-order valence-corrected chi connectivity index (χ1v) is 10.4. The van der Waals surface area contributed by atoms with E-state index in [-0.39, 0.29) is 5.78 Å². The molecule has 2 N–H and O–H groups in total. The van der Waals surface area contributed by atoms with E-state index in [2.05, 4.69) is 32.6 Å². The van der Waals surface area contributed by atoms with Crippen LogP contribution in [0.2, 0.25) is 0 Å². The van der Waals surface area contributed by atoms with Gasteiger partial charge in [0, 0.05) is 28.7 Å². The Morgan fingerprint density at radius 1 is 1.11 bits per heavy atom. The second-order valence-electron chi connectivity index (χ2n) is 6.09. The average molecular weight is 395 g/mol. The fraction of sp³-hybridized carbons (Fsp3) is 0.150. The summed E-state index contributed by atoms with van der Waals surface area (Å²) in [6.45, 7) is 2.64. The predicted octanol–water partition coefficient (Wildman–Crippen LogP) is 4.91. The fourth-order valence-electron chi connectivity index (χ4n) is 2.95. The lowest BCUT2D eigenvalue weighted by molar-refractivity contribution is 0.102. The highest BCUT2D eigenvalue weighted by Gasteiger charge is 2.17. The van der Waals surface area contributed by atoms with Crippen molar-refractivity contribution in [1.82, 2.24) is 15.2 Å². The molecule has 2 heterocycles. The third-order valence-electron chi connectivity index (χ3n) is 4.19. The van der Waals surface area contributed by atoms with Crippen LogP contribution in [0.15, 0.2) is 58.9 Å². The molecule has 2 aromatic carbocycles. The van der Waals surface area contributed by atoms with Crippen molar-refractivity contribution in [3.05, 3.63) is 71.4 Å². The molecule has 0 spiro atoms. The minimum absolute atomic E-state index is 0.101. The van der Waals surface area contributed by atoms with Crippen LogP contribution in [0.3, 0.4) is 0 Å². The number of para-hydroxylation sites is 1. The van der Waals surface area contributed by atoms with E-state index in [1.54, 1.807) is 0 Å². The number of rotatable bonds is 7. The van der Waals surface area contributed by atoms with Gasteiger partial charge in [0.15, 0.2) is 10.1 Å². The van der Waals surface area contributed by atoms with Gasteiger partial charge in [0.05, 0.1) is 5.75 Å². The minimum atomic E-state index is 0.101. The molecule has 7 heteroatoms. The van der Waals surface area contributed by atoms with Gasteiger partial charge in [-0.25, -0.2) is 0 Å². The lowest BCUT2D eigenvalue weighted by Crippen LogP contribution is -2.03. The van der Waals surface area contributed by atoms with Crippen molar-refractivity contribution in [2.24, 2.45) is 0 Å². The average Bonchev–Trinajstić information content (AvgIpc) is 3.28. The third kappa shape index (κ3) is 4.04. The number of aromatic amines is 1. The first kappa shape index (κ1) is 17.8. The van der Waals surface area contributed by atoms with Crippen molar-refractivity contribution in [2.45, 2.75) is 17.8 Å². The molecule has 0 fully saturated rings. The van der Waals surface area contributed by atoms with Gasteiger partial charge in [-0.1, -0.05) is 71.6 Å². The number of aryl methyl sites for hydroxylation is 1. The Kier molecular flexibility index (Phi) is 5.22. The van der Waals surface area contributed by atoms with Gasteiger partial charge >= 0.3 is 0 Å². The number of thioether (sulfide) groups is 1. The third-order valence-corrected chi connectivity index (χ3v) is 6.21. The summed E-state index contributed by atoms with van der Waals surface area (Å²) in [6.07, 6.45) is 0. The number of H-pyrrole nitrogens is 1. The van der Waals surface area contributed by atoms with Crippen molar-refractivity contribution in [3.63, 3.8) is 0 Å². The van der Waals surface area contributed by atoms with E-state index in [1.165, 1.54) is 28.7 Å². The van der Waals surface area contributed by atoms with Crippen LogP contribution in [0.5, 0.6) is 0 Å². The maximum absolute atomic E-state index is 12.7. The van der Waals surface area contributed by atoms with Gasteiger partial charge in [0.2, 0.25) is 5.13 Å². The molecule has 0 saturated heterocycles. The number of nitrogens with zero attached hydrogens (tertiary/aromatic N) is 2. The maximum Gasteiger partial charge on any atom is 0.206 e. The van der Waals surface area contributed by atoms with E-state index in [0.717, 1.165) is 31.6 Å². The van der Waals surface area contributed by atoms with Gasteiger partial charge in [0.25, 0.3) is 0 Å². The molecule has 136 valence electrons. The number of benzene rings is 2. The number of carbonyl (C=O) groups excluding carboxylic acids is 1. The van der Waals surface area contributed by atoms with Crippen molar-refractivity contribution in [2.75, 3.05) is 11.1 Å². The number of Topliss-reactive ketones (excluding diaryl/α,β-unsaturated/α-hetero) is 1. The Morgan fingerprint density at radius 3 is 2.74 bits per heavy atom. The Balaban J connectivity index is 1.38. The lowest BCUT2D eigenvalue weighted by atomic mass is 10.1. The van der Waals surface area contributed by atoms with Crippen LogP contribution >= 0.6 is 23.1 Å². The van der Waals surface area contributed by atoms with Crippen LogP contribution in [-0.2, 0) is 6.54 Å². The molecule has 5 nitrogen and oxygen atoms in total. The number of anilines is 1. The number of hydrogen-bond donors (Lipinski definition) is 2. The lowest BCUT2D eigenvalue weighted by Gasteiger charge is -2.01. The largest absolute Gasteiger partial charge is 0.358 e. The van der Waals surface area contributed by atoms with Crippen LogP contribution < -0.4 is 5.32 Å². The van der Waals surface area contributed by atoms with E-state index in [0.29, 0.717) is 12.3 Å². The Bertz CT molecular complexity index is 1070. The highest BCUT2D eigenvalue weighted by atomic mass is 32.2. The highest BCUT2D eigenvalue weighted by Crippen LogP contribution is 2.28. The van der Waals surface area contributed by atoms with E-state index in [4.69, 9.17) is 0 Å². The molecule has 0 saturated carbocycles. The summed E-state index contributed by atoms with van der Waals surface area (Å²) in [6, 6.07) is 18.0. The monoisotopic (exact) mass is 394 g/mol. The topological polar surface area (TPSA) is 70.7 Å². The summed E-state index contributed by atoms with van der Waals surface area (Å²) in [5.74, 6) is 0.444. The number of nitrogens with one attached hydrogen (secondary N) is 2. The fourth-order valence-corrected chi connectivity index (χ4v) is 4.57. The molecular formula is C20H18N4OS2. The Hall–Kier alpha value is -2.64. The molecule has 0 atom stereocenters. The van der Waals surface area contributed by atoms with Gasteiger partial charge in [-0.3, -0.25) is 4.79 Å². The first-order chi connectivity index (χ1) is 13.2. The summed E-state index contributed by atoms with van der Waals surface area (Å²) < 4.78 is 0.788. The Labute approximate surface area is 165 Å². The number of aromatic nitrogens is 3. The smallest absolute Gasteiger partial charge is 0.206 e. The van der Waals surface area contributed by atoms with E-state index < -0.39 is 0 Å². The van der Waals surface area contributed by atoms with Gasteiger partial charge in [0.1, 0.15) is 0 Å². The number of fused-ring (bicyclic) bond motifs is 1. The highest BCUT2D eigenvalue weighted by molar-refractivity contribution is 8.01. The molecule has 0 aliphatic carbocycles. The van der Waals surface area contributed by atoms with Crippen LogP contribution in [-0.4, -0.2) is 26.7 Å². The zero-order chi connectivity index (χ0) is 18.6. The van der Waals surface area contributed by atoms with Gasteiger partial charge in [-0.05, 0) is 18.6 Å². The van der Waals surface area contributed by atoms with Crippen LogP contribution in [0.4, 0.5) is 5.13 Å². The second kappa shape index (κ2) is 7.94. The zero-order valence-electron chi connectivity index (χ0n) is 14.7. The number of ketones is 1. The number of carbonyl (C=O) groups is 1. The summed E-state index contributed by atoms with van der Waals surface area (Å²) in [5.41, 5.74) is 3.85. The number of hydrogen-bond acceptors (Lipinski definition) is 6.